The molecule has 0 radical (unpaired) electrons. The molecule has 0 unspecified atom stereocenters. The maximum atomic E-state index is 10.7. The molecule has 0 aromatic heterocycles. The van der Waals surface area contributed by atoms with Crippen LogP contribution in [-0.4, -0.2) is 12.9 Å². The summed E-state index contributed by atoms with van der Waals surface area (Å²) in [6.45, 7) is 2.14. The third-order valence-electron chi connectivity index (χ3n) is 1.77. The van der Waals surface area contributed by atoms with Gasteiger partial charge in [0.1, 0.15) is 0 Å². The molecular weight excluding hydrogens is 176 g/mol. The van der Waals surface area contributed by atoms with E-state index in [2.05, 4.69) is 0 Å². The van der Waals surface area contributed by atoms with Gasteiger partial charge in [-0.15, -0.1) is 0 Å². The van der Waals surface area contributed by atoms with Gasteiger partial charge in [-0.1, -0.05) is 24.3 Å². The molecule has 1 rings (SSSR count). The average molecular weight is 190 g/mol. The minimum Gasteiger partial charge on any atom is -0.380 e. The molecule has 74 valence electrons. The molecule has 0 bridgehead atoms. The van der Waals surface area contributed by atoms with E-state index in [1.54, 1.807) is 13.2 Å². The van der Waals surface area contributed by atoms with Crippen molar-refractivity contribution in [3.63, 3.8) is 0 Å². The molecule has 0 aliphatic heterocycles. The van der Waals surface area contributed by atoms with Gasteiger partial charge in [0.2, 0.25) is 0 Å². The van der Waals surface area contributed by atoms with Crippen LogP contribution in [0.25, 0.3) is 6.08 Å². The standard InChI is InChI=1S/C12H14O2/c1-10(13)6-7-11-4-3-5-12(8-11)9-14-2/h3-8H,9H2,1-2H3. The second-order valence-electron chi connectivity index (χ2n) is 3.12. The van der Waals surface area contributed by atoms with Gasteiger partial charge in [0.05, 0.1) is 6.61 Å². The summed E-state index contributed by atoms with van der Waals surface area (Å²) >= 11 is 0. The highest BCUT2D eigenvalue weighted by Crippen LogP contribution is 2.07. The lowest BCUT2D eigenvalue weighted by molar-refractivity contribution is -0.112. The van der Waals surface area contributed by atoms with Gasteiger partial charge in [-0.2, -0.15) is 0 Å². The minimum atomic E-state index is 0.0575. The fraction of sp³-hybridized carbons (Fsp3) is 0.250. The summed E-state index contributed by atoms with van der Waals surface area (Å²) in [6.07, 6.45) is 3.37. The van der Waals surface area contributed by atoms with E-state index in [1.807, 2.05) is 30.3 Å². The molecule has 0 atom stereocenters. The van der Waals surface area contributed by atoms with Crippen molar-refractivity contribution < 1.29 is 9.53 Å². The van der Waals surface area contributed by atoms with Crippen LogP contribution in [0.5, 0.6) is 0 Å². The number of hydrogen-bond acceptors (Lipinski definition) is 2. The Morgan fingerprint density at radius 2 is 2.29 bits per heavy atom. The van der Waals surface area contributed by atoms with E-state index in [1.165, 1.54) is 6.92 Å². The average Bonchev–Trinajstić information content (AvgIpc) is 2.16. The largest absolute Gasteiger partial charge is 0.380 e. The van der Waals surface area contributed by atoms with Crippen molar-refractivity contribution in [2.75, 3.05) is 7.11 Å². The lowest BCUT2D eigenvalue weighted by atomic mass is 10.1. The second kappa shape index (κ2) is 5.35. The fourth-order valence-electron chi connectivity index (χ4n) is 1.17. The number of ketones is 1. The van der Waals surface area contributed by atoms with Gasteiger partial charge in [0, 0.05) is 7.11 Å². The van der Waals surface area contributed by atoms with Crippen molar-refractivity contribution in [2.24, 2.45) is 0 Å². The Bertz CT molecular complexity index is 340. The molecule has 0 saturated carbocycles. The number of hydrogen-bond donors (Lipinski definition) is 0. The molecule has 0 spiro atoms. The van der Waals surface area contributed by atoms with Crippen LogP contribution >= 0.6 is 0 Å². The van der Waals surface area contributed by atoms with Crippen LogP contribution in [0.3, 0.4) is 0 Å². The Morgan fingerprint density at radius 3 is 2.93 bits per heavy atom. The van der Waals surface area contributed by atoms with Crippen LogP contribution in [0.4, 0.5) is 0 Å². The predicted molar refractivity (Wildman–Crippen MR) is 56.9 cm³/mol. The number of ether oxygens (including phenoxy) is 1. The van der Waals surface area contributed by atoms with Crippen molar-refractivity contribution in [3.05, 3.63) is 41.5 Å². The monoisotopic (exact) mass is 190 g/mol. The maximum absolute atomic E-state index is 10.7. The van der Waals surface area contributed by atoms with Crippen LogP contribution < -0.4 is 0 Å². The van der Waals surface area contributed by atoms with E-state index < -0.39 is 0 Å². The Kier molecular flexibility index (Phi) is 4.08. The molecule has 0 heterocycles. The van der Waals surface area contributed by atoms with Crippen molar-refractivity contribution in [3.8, 4) is 0 Å². The zero-order valence-electron chi connectivity index (χ0n) is 8.49. The first kappa shape index (κ1) is 10.7. The van der Waals surface area contributed by atoms with Crippen LogP contribution in [0.2, 0.25) is 0 Å². The van der Waals surface area contributed by atoms with E-state index in [9.17, 15) is 4.79 Å². The van der Waals surface area contributed by atoms with Crippen LogP contribution in [-0.2, 0) is 16.1 Å². The van der Waals surface area contributed by atoms with E-state index in [0.29, 0.717) is 6.61 Å². The van der Waals surface area contributed by atoms with Crippen LogP contribution in [0.15, 0.2) is 30.3 Å². The zero-order chi connectivity index (χ0) is 10.4. The topological polar surface area (TPSA) is 26.3 Å². The van der Waals surface area contributed by atoms with Gasteiger partial charge in [-0.05, 0) is 30.2 Å². The molecular formula is C12H14O2. The van der Waals surface area contributed by atoms with E-state index in [4.69, 9.17) is 4.74 Å². The molecule has 0 fully saturated rings. The third-order valence-corrected chi connectivity index (χ3v) is 1.77. The number of allylic oxidation sites excluding steroid dienone is 1. The number of rotatable bonds is 4. The van der Waals surface area contributed by atoms with Gasteiger partial charge < -0.3 is 4.74 Å². The smallest absolute Gasteiger partial charge is 0.152 e. The summed E-state index contributed by atoms with van der Waals surface area (Å²) in [4.78, 5) is 10.7. The molecule has 2 heteroatoms. The van der Waals surface area contributed by atoms with Crippen LogP contribution in [0, 0.1) is 0 Å². The normalized spacial score (nSPS) is 10.7. The molecule has 0 aliphatic carbocycles. The quantitative estimate of drug-likeness (QED) is 0.681. The molecule has 1 aromatic carbocycles. The number of methoxy groups -OCH3 is 1. The molecule has 0 saturated heterocycles. The first-order valence-corrected chi connectivity index (χ1v) is 4.49. The maximum Gasteiger partial charge on any atom is 0.152 e. The highest BCUT2D eigenvalue weighted by atomic mass is 16.5. The Balaban J connectivity index is 2.77. The van der Waals surface area contributed by atoms with Gasteiger partial charge in [0.15, 0.2) is 5.78 Å². The fourth-order valence-corrected chi connectivity index (χ4v) is 1.17. The highest BCUT2D eigenvalue weighted by molar-refractivity contribution is 5.91. The Morgan fingerprint density at radius 1 is 1.50 bits per heavy atom. The zero-order valence-corrected chi connectivity index (χ0v) is 8.49. The Labute approximate surface area is 84.2 Å². The summed E-state index contributed by atoms with van der Waals surface area (Å²) in [5.74, 6) is 0.0575. The first-order chi connectivity index (χ1) is 6.72. The van der Waals surface area contributed by atoms with E-state index >= 15 is 0 Å². The number of carbonyl (C=O) groups excluding carboxylic acids is 1. The molecule has 14 heavy (non-hydrogen) atoms. The summed E-state index contributed by atoms with van der Waals surface area (Å²) in [5.41, 5.74) is 2.13. The number of carbonyl (C=O) groups is 1. The summed E-state index contributed by atoms with van der Waals surface area (Å²) in [6, 6.07) is 7.91. The van der Waals surface area contributed by atoms with E-state index in [0.717, 1.165) is 11.1 Å². The summed E-state index contributed by atoms with van der Waals surface area (Å²) in [7, 11) is 1.66. The SMILES string of the molecule is COCc1cccc(C=CC(C)=O)c1. The lowest BCUT2D eigenvalue weighted by Gasteiger charge is -2.00. The van der Waals surface area contributed by atoms with Gasteiger partial charge in [-0.25, -0.2) is 0 Å². The van der Waals surface area contributed by atoms with Crippen molar-refractivity contribution >= 4 is 11.9 Å². The predicted octanol–water partition coefficient (Wildman–Crippen LogP) is 2.44. The second-order valence-corrected chi connectivity index (χ2v) is 3.12. The number of benzene rings is 1. The van der Waals surface area contributed by atoms with Crippen molar-refractivity contribution in [1.29, 1.82) is 0 Å². The molecule has 0 N–H and O–H groups in total. The van der Waals surface area contributed by atoms with Gasteiger partial charge >= 0.3 is 0 Å². The molecule has 1 aromatic rings. The summed E-state index contributed by atoms with van der Waals surface area (Å²) < 4.78 is 5.02. The lowest BCUT2D eigenvalue weighted by Crippen LogP contribution is -1.87. The van der Waals surface area contributed by atoms with Crippen molar-refractivity contribution in [2.45, 2.75) is 13.5 Å². The van der Waals surface area contributed by atoms with E-state index in [-0.39, 0.29) is 5.78 Å². The van der Waals surface area contributed by atoms with Crippen molar-refractivity contribution in [1.82, 2.24) is 0 Å². The van der Waals surface area contributed by atoms with Gasteiger partial charge in [-0.3, -0.25) is 4.79 Å². The molecule has 0 amide bonds. The molecule has 2 nitrogen and oxygen atoms in total. The summed E-state index contributed by atoms with van der Waals surface area (Å²) in [5, 5.41) is 0. The minimum absolute atomic E-state index is 0.0575. The Hall–Kier alpha value is -1.41. The third kappa shape index (κ3) is 3.54. The highest BCUT2D eigenvalue weighted by Gasteiger charge is 1.92. The van der Waals surface area contributed by atoms with Gasteiger partial charge in [0.25, 0.3) is 0 Å². The first-order valence-electron chi connectivity index (χ1n) is 4.49. The molecule has 0 aliphatic rings. The van der Waals surface area contributed by atoms with Crippen LogP contribution in [0.1, 0.15) is 18.1 Å².